The predicted octanol–water partition coefficient (Wildman–Crippen LogP) is 2.24. The van der Waals surface area contributed by atoms with E-state index in [1.54, 1.807) is 32.4 Å². The van der Waals surface area contributed by atoms with Crippen molar-refractivity contribution in [1.82, 2.24) is 10.6 Å². The van der Waals surface area contributed by atoms with Crippen LogP contribution in [0.2, 0.25) is 0 Å². The fourth-order valence-corrected chi connectivity index (χ4v) is 2.65. The molecular weight excluding hydrogens is 304 g/mol. The standard InChI is InChI=1S/C16H24N2O3.ClH/c1-11(12-5-4-6-17-10-12)18-16(19)13-7-14(20-2)9-15(8-13)21-3;/h7-9,11-12,17H,4-6,10H2,1-3H3,(H,18,19);1H. The van der Waals surface area contributed by atoms with Crippen molar-refractivity contribution in [3.8, 4) is 11.5 Å². The normalized spacial score (nSPS) is 18.8. The number of carbonyl (C=O) groups excluding carboxylic acids is 1. The van der Waals surface area contributed by atoms with E-state index in [-0.39, 0.29) is 24.4 Å². The van der Waals surface area contributed by atoms with Crippen LogP contribution >= 0.6 is 12.4 Å². The Morgan fingerprint density at radius 1 is 1.27 bits per heavy atom. The van der Waals surface area contributed by atoms with E-state index in [0.717, 1.165) is 25.9 Å². The lowest BCUT2D eigenvalue weighted by molar-refractivity contribution is 0.0921. The molecule has 0 saturated carbocycles. The van der Waals surface area contributed by atoms with E-state index in [4.69, 9.17) is 9.47 Å². The van der Waals surface area contributed by atoms with Crippen molar-refractivity contribution in [2.24, 2.45) is 5.92 Å². The van der Waals surface area contributed by atoms with Crippen LogP contribution in [0.5, 0.6) is 11.5 Å². The van der Waals surface area contributed by atoms with E-state index in [1.807, 2.05) is 0 Å². The fourth-order valence-electron chi connectivity index (χ4n) is 2.65. The third-order valence-corrected chi connectivity index (χ3v) is 4.01. The van der Waals surface area contributed by atoms with Crippen LogP contribution in [0.15, 0.2) is 18.2 Å². The maximum atomic E-state index is 12.4. The topological polar surface area (TPSA) is 59.6 Å². The van der Waals surface area contributed by atoms with Gasteiger partial charge >= 0.3 is 0 Å². The summed E-state index contributed by atoms with van der Waals surface area (Å²) < 4.78 is 10.4. The Labute approximate surface area is 138 Å². The molecule has 2 unspecified atom stereocenters. The first kappa shape index (κ1) is 18.6. The molecule has 1 aromatic rings. The summed E-state index contributed by atoms with van der Waals surface area (Å²) in [5.74, 6) is 1.62. The lowest BCUT2D eigenvalue weighted by Gasteiger charge is -2.29. The molecule has 124 valence electrons. The molecule has 22 heavy (non-hydrogen) atoms. The molecule has 0 aliphatic carbocycles. The largest absolute Gasteiger partial charge is 0.497 e. The van der Waals surface area contributed by atoms with E-state index in [2.05, 4.69) is 17.6 Å². The van der Waals surface area contributed by atoms with Gasteiger partial charge in [0.15, 0.2) is 0 Å². The Balaban J connectivity index is 0.00000242. The van der Waals surface area contributed by atoms with Gasteiger partial charge in [0.25, 0.3) is 5.91 Å². The van der Waals surface area contributed by atoms with Crippen molar-refractivity contribution in [2.45, 2.75) is 25.8 Å². The van der Waals surface area contributed by atoms with Crippen molar-refractivity contribution < 1.29 is 14.3 Å². The van der Waals surface area contributed by atoms with Crippen molar-refractivity contribution >= 4 is 18.3 Å². The SMILES string of the molecule is COc1cc(OC)cc(C(=O)NC(C)C2CCCNC2)c1.Cl. The Morgan fingerprint density at radius 3 is 2.41 bits per heavy atom. The third-order valence-electron chi connectivity index (χ3n) is 4.01. The summed E-state index contributed by atoms with van der Waals surface area (Å²) >= 11 is 0. The smallest absolute Gasteiger partial charge is 0.251 e. The van der Waals surface area contributed by atoms with E-state index < -0.39 is 0 Å². The minimum atomic E-state index is -0.0923. The van der Waals surface area contributed by atoms with Crippen molar-refractivity contribution in [3.63, 3.8) is 0 Å². The molecule has 1 saturated heterocycles. The minimum Gasteiger partial charge on any atom is -0.497 e. The molecule has 2 rings (SSSR count). The summed E-state index contributed by atoms with van der Waals surface area (Å²) in [6, 6.07) is 5.35. The number of ether oxygens (including phenoxy) is 2. The number of methoxy groups -OCH3 is 2. The molecule has 0 bridgehead atoms. The predicted molar refractivity (Wildman–Crippen MR) is 89.3 cm³/mol. The van der Waals surface area contributed by atoms with Gasteiger partial charge in [0.1, 0.15) is 11.5 Å². The van der Waals surface area contributed by atoms with Gasteiger partial charge in [-0.3, -0.25) is 4.79 Å². The first-order valence-corrected chi connectivity index (χ1v) is 7.38. The number of amides is 1. The van der Waals surface area contributed by atoms with Gasteiger partial charge in [0.2, 0.25) is 0 Å². The number of hydrogen-bond acceptors (Lipinski definition) is 4. The highest BCUT2D eigenvalue weighted by molar-refractivity contribution is 5.95. The second-order valence-corrected chi connectivity index (χ2v) is 5.47. The van der Waals surface area contributed by atoms with Gasteiger partial charge in [0.05, 0.1) is 14.2 Å². The molecule has 1 amide bonds. The van der Waals surface area contributed by atoms with Gasteiger partial charge in [0, 0.05) is 17.7 Å². The number of benzene rings is 1. The zero-order chi connectivity index (χ0) is 15.2. The first-order valence-electron chi connectivity index (χ1n) is 7.38. The number of halogens is 1. The highest BCUT2D eigenvalue weighted by Gasteiger charge is 2.22. The highest BCUT2D eigenvalue weighted by atomic mass is 35.5. The number of piperidine rings is 1. The van der Waals surface area contributed by atoms with Crippen LogP contribution in [-0.2, 0) is 0 Å². The molecule has 1 aromatic carbocycles. The lowest BCUT2D eigenvalue weighted by Crippen LogP contribution is -2.44. The molecule has 2 atom stereocenters. The summed E-state index contributed by atoms with van der Waals surface area (Å²) in [5.41, 5.74) is 0.557. The molecule has 1 aliphatic rings. The summed E-state index contributed by atoms with van der Waals surface area (Å²) in [6.45, 7) is 4.10. The lowest BCUT2D eigenvalue weighted by atomic mass is 9.92. The molecule has 0 spiro atoms. The summed E-state index contributed by atoms with van der Waals surface area (Å²) in [7, 11) is 3.15. The quantitative estimate of drug-likeness (QED) is 0.870. The van der Waals surface area contributed by atoms with Crippen molar-refractivity contribution in [2.75, 3.05) is 27.3 Å². The van der Waals surface area contributed by atoms with Crippen LogP contribution in [0.1, 0.15) is 30.1 Å². The maximum Gasteiger partial charge on any atom is 0.251 e. The van der Waals surface area contributed by atoms with E-state index >= 15 is 0 Å². The van der Waals surface area contributed by atoms with Crippen LogP contribution in [0.4, 0.5) is 0 Å². The second kappa shape index (κ2) is 8.86. The summed E-state index contributed by atoms with van der Waals surface area (Å²) in [4.78, 5) is 12.4. The Hall–Kier alpha value is -1.46. The molecule has 0 aromatic heterocycles. The summed E-state index contributed by atoms with van der Waals surface area (Å²) in [6.07, 6.45) is 2.31. The zero-order valence-corrected chi connectivity index (χ0v) is 14.2. The molecule has 1 aliphatic heterocycles. The van der Waals surface area contributed by atoms with Crippen LogP contribution in [0.25, 0.3) is 0 Å². The molecule has 1 heterocycles. The highest BCUT2D eigenvalue weighted by Crippen LogP contribution is 2.23. The second-order valence-electron chi connectivity index (χ2n) is 5.47. The van der Waals surface area contributed by atoms with E-state index in [9.17, 15) is 4.79 Å². The Morgan fingerprint density at radius 2 is 1.91 bits per heavy atom. The monoisotopic (exact) mass is 328 g/mol. The minimum absolute atomic E-state index is 0. The van der Waals surface area contributed by atoms with Gasteiger partial charge in [-0.15, -0.1) is 12.4 Å². The Bertz CT molecular complexity index is 468. The molecule has 2 N–H and O–H groups in total. The third kappa shape index (κ3) is 4.78. The van der Waals surface area contributed by atoms with Gasteiger partial charge in [-0.1, -0.05) is 0 Å². The molecule has 0 radical (unpaired) electrons. The molecular formula is C16H25ClN2O3. The van der Waals surface area contributed by atoms with Gasteiger partial charge in [-0.25, -0.2) is 0 Å². The van der Waals surface area contributed by atoms with Gasteiger partial charge in [-0.05, 0) is 50.9 Å². The Kier molecular flexibility index (Phi) is 7.48. The molecule has 1 fully saturated rings. The van der Waals surface area contributed by atoms with E-state index in [1.165, 1.54) is 0 Å². The van der Waals surface area contributed by atoms with Crippen molar-refractivity contribution in [1.29, 1.82) is 0 Å². The first-order chi connectivity index (χ1) is 10.1. The fraction of sp³-hybridized carbons (Fsp3) is 0.562. The maximum absolute atomic E-state index is 12.4. The van der Waals surface area contributed by atoms with Gasteiger partial charge < -0.3 is 20.1 Å². The average Bonchev–Trinajstić information content (AvgIpc) is 2.54. The average molecular weight is 329 g/mol. The van der Waals surface area contributed by atoms with Crippen LogP contribution in [0.3, 0.4) is 0 Å². The molecule has 5 nitrogen and oxygen atoms in total. The van der Waals surface area contributed by atoms with Gasteiger partial charge in [-0.2, -0.15) is 0 Å². The van der Waals surface area contributed by atoms with E-state index in [0.29, 0.717) is 23.0 Å². The number of rotatable bonds is 5. The molecule has 6 heteroatoms. The van der Waals surface area contributed by atoms with Crippen molar-refractivity contribution in [3.05, 3.63) is 23.8 Å². The number of nitrogens with one attached hydrogen (secondary N) is 2. The van der Waals surface area contributed by atoms with Crippen LogP contribution in [-0.4, -0.2) is 39.3 Å². The number of hydrogen-bond donors (Lipinski definition) is 2. The zero-order valence-electron chi connectivity index (χ0n) is 13.3. The van der Waals surface area contributed by atoms with Crippen LogP contribution < -0.4 is 20.1 Å². The van der Waals surface area contributed by atoms with Crippen LogP contribution in [0, 0.1) is 5.92 Å². The summed E-state index contributed by atoms with van der Waals surface area (Å²) in [5, 5.41) is 6.45. The number of carbonyl (C=O) groups is 1.